The number of hydrogen-bond donors (Lipinski definition) is 0. The normalized spacial score (nSPS) is 23.5. The molecule has 4 heteroatoms. The number of aryl methyl sites for hydroxylation is 1. The third-order valence-electron chi connectivity index (χ3n) is 7.30. The molecule has 0 unspecified atom stereocenters. The summed E-state index contributed by atoms with van der Waals surface area (Å²) < 4.78 is 2.11. The molecule has 1 aromatic carbocycles. The number of piperidine rings is 1. The fourth-order valence-electron chi connectivity index (χ4n) is 5.35. The number of nitrogens with zero attached hydrogens (tertiary/aromatic N) is 3. The van der Waals surface area contributed by atoms with Crippen molar-refractivity contribution >= 4 is 5.78 Å². The Bertz CT molecular complexity index is 809. The predicted molar refractivity (Wildman–Crippen MR) is 121 cm³/mol. The molecule has 2 heterocycles. The fraction of sp³-hybridized carbons (Fsp3) is 0.615. The van der Waals surface area contributed by atoms with Crippen LogP contribution in [0.2, 0.25) is 0 Å². The average molecular weight is 408 g/mol. The second-order valence-electron chi connectivity index (χ2n) is 9.57. The van der Waals surface area contributed by atoms with E-state index in [1.807, 2.05) is 13.1 Å². The second kappa shape index (κ2) is 9.91. The molecule has 0 spiro atoms. The Labute approximate surface area is 181 Å². The van der Waals surface area contributed by atoms with Crippen molar-refractivity contribution in [2.24, 2.45) is 11.8 Å². The summed E-state index contributed by atoms with van der Waals surface area (Å²) in [6, 6.07) is 9.35. The van der Waals surface area contributed by atoms with E-state index >= 15 is 0 Å². The van der Waals surface area contributed by atoms with Gasteiger partial charge in [0.05, 0.1) is 6.20 Å². The van der Waals surface area contributed by atoms with Crippen LogP contribution in [0.15, 0.2) is 36.7 Å². The second-order valence-corrected chi connectivity index (χ2v) is 9.57. The smallest absolute Gasteiger partial charge is 0.135 e. The van der Waals surface area contributed by atoms with E-state index in [1.165, 1.54) is 55.5 Å². The molecule has 1 saturated heterocycles. The quantitative estimate of drug-likeness (QED) is 0.620. The summed E-state index contributed by atoms with van der Waals surface area (Å²) in [6.45, 7) is 8.59. The van der Waals surface area contributed by atoms with Gasteiger partial charge in [0.2, 0.25) is 0 Å². The molecule has 2 aliphatic rings. The average Bonchev–Trinajstić information content (AvgIpc) is 3.20. The molecule has 0 atom stereocenters. The minimum atomic E-state index is 0.325. The summed E-state index contributed by atoms with van der Waals surface area (Å²) >= 11 is 0. The number of rotatable bonds is 7. The minimum Gasteiger partial charge on any atom is -0.299 e. The van der Waals surface area contributed by atoms with Gasteiger partial charge in [0.1, 0.15) is 5.78 Å². The standard InChI is InChI=1S/C26H37N3O/c1-3-26(30)25-10-8-24(9-11-25)23-6-4-21(5-7-23)18-28-14-12-22(13-15-28)19-29-17-20(2)16-27-29/h4-7,16-17,22,24-25H,3,8-15,18-19H2,1-2H3. The van der Waals surface area contributed by atoms with Crippen LogP contribution in [0.1, 0.15) is 74.5 Å². The molecule has 0 N–H and O–H groups in total. The van der Waals surface area contributed by atoms with Gasteiger partial charge >= 0.3 is 0 Å². The Morgan fingerprint density at radius 2 is 1.73 bits per heavy atom. The van der Waals surface area contributed by atoms with Gasteiger partial charge in [0.15, 0.2) is 0 Å². The van der Waals surface area contributed by atoms with Crippen molar-refractivity contribution in [3.05, 3.63) is 53.3 Å². The molecule has 1 saturated carbocycles. The van der Waals surface area contributed by atoms with Gasteiger partial charge in [0, 0.05) is 31.6 Å². The lowest BCUT2D eigenvalue weighted by molar-refractivity contribution is -0.123. The molecule has 1 aliphatic carbocycles. The predicted octanol–water partition coefficient (Wildman–Crippen LogP) is 5.36. The van der Waals surface area contributed by atoms with E-state index in [1.54, 1.807) is 0 Å². The zero-order valence-corrected chi connectivity index (χ0v) is 18.7. The highest BCUT2D eigenvalue weighted by molar-refractivity contribution is 5.80. The Kier molecular flexibility index (Phi) is 7.04. The van der Waals surface area contributed by atoms with Crippen LogP contribution in [0.4, 0.5) is 0 Å². The van der Waals surface area contributed by atoms with Crippen molar-refractivity contribution in [1.82, 2.24) is 14.7 Å². The highest BCUT2D eigenvalue weighted by Crippen LogP contribution is 2.36. The summed E-state index contributed by atoms with van der Waals surface area (Å²) in [5.74, 6) is 2.18. The van der Waals surface area contributed by atoms with Gasteiger partial charge in [0.25, 0.3) is 0 Å². The number of likely N-dealkylation sites (tertiary alicyclic amines) is 1. The van der Waals surface area contributed by atoms with Crippen molar-refractivity contribution in [3.63, 3.8) is 0 Å². The van der Waals surface area contributed by atoms with E-state index < -0.39 is 0 Å². The van der Waals surface area contributed by atoms with E-state index in [9.17, 15) is 4.79 Å². The van der Waals surface area contributed by atoms with E-state index in [0.717, 1.165) is 31.8 Å². The van der Waals surface area contributed by atoms with Crippen LogP contribution in [-0.4, -0.2) is 33.6 Å². The van der Waals surface area contributed by atoms with E-state index in [0.29, 0.717) is 24.0 Å². The van der Waals surface area contributed by atoms with Gasteiger partial charge < -0.3 is 0 Å². The summed E-state index contributed by atoms with van der Waals surface area (Å²) in [6.07, 6.45) is 11.8. The summed E-state index contributed by atoms with van der Waals surface area (Å²) in [7, 11) is 0. The van der Waals surface area contributed by atoms with Gasteiger partial charge in [-0.25, -0.2) is 0 Å². The minimum absolute atomic E-state index is 0.325. The van der Waals surface area contributed by atoms with Crippen LogP contribution in [0, 0.1) is 18.8 Å². The van der Waals surface area contributed by atoms with Crippen LogP contribution >= 0.6 is 0 Å². The Morgan fingerprint density at radius 3 is 2.33 bits per heavy atom. The van der Waals surface area contributed by atoms with Gasteiger partial charge in [-0.2, -0.15) is 5.10 Å². The molecule has 162 valence electrons. The Balaban J connectivity index is 1.22. The number of ketones is 1. The topological polar surface area (TPSA) is 38.1 Å². The summed E-state index contributed by atoms with van der Waals surface area (Å²) in [5, 5.41) is 4.45. The molecule has 30 heavy (non-hydrogen) atoms. The number of benzene rings is 1. The van der Waals surface area contributed by atoms with Crippen molar-refractivity contribution in [1.29, 1.82) is 0 Å². The van der Waals surface area contributed by atoms with Gasteiger partial charge in [-0.05, 0) is 87.1 Å². The maximum Gasteiger partial charge on any atom is 0.135 e. The molecule has 1 aromatic heterocycles. The molecular formula is C26H37N3O. The van der Waals surface area contributed by atoms with Crippen LogP contribution in [-0.2, 0) is 17.9 Å². The summed E-state index contributed by atoms with van der Waals surface area (Å²) in [4.78, 5) is 14.5. The molecule has 4 rings (SSSR count). The number of aromatic nitrogens is 2. The highest BCUT2D eigenvalue weighted by Gasteiger charge is 2.26. The first kappa shape index (κ1) is 21.3. The van der Waals surface area contributed by atoms with E-state index in [-0.39, 0.29) is 0 Å². The Hall–Kier alpha value is -1.94. The van der Waals surface area contributed by atoms with Crippen LogP contribution < -0.4 is 0 Å². The number of carbonyl (C=O) groups excluding carboxylic acids is 1. The Morgan fingerprint density at radius 1 is 1.03 bits per heavy atom. The lowest BCUT2D eigenvalue weighted by Gasteiger charge is -2.32. The fourth-order valence-corrected chi connectivity index (χ4v) is 5.35. The molecule has 2 fully saturated rings. The summed E-state index contributed by atoms with van der Waals surface area (Å²) in [5.41, 5.74) is 4.14. The van der Waals surface area contributed by atoms with Crippen LogP contribution in [0.3, 0.4) is 0 Å². The first-order valence-corrected chi connectivity index (χ1v) is 11.9. The maximum atomic E-state index is 11.9. The molecule has 0 radical (unpaired) electrons. The first-order valence-electron chi connectivity index (χ1n) is 11.9. The molecular weight excluding hydrogens is 370 g/mol. The molecule has 1 aliphatic heterocycles. The van der Waals surface area contributed by atoms with Crippen LogP contribution in [0.5, 0.6) is 0 Å². The van der Waals surface area contributed by atoms with Crippen molar-refractivity contribution in [3.8, 4) is 0 Å². The third-order valence-corrected chi connectivity index (χ3v) is 7.30. The van der Waals surface area contributed by atoms with Gasteiger partial charge in [-0.15, -0.1) is 0 Å². The first-order chi connectivity index (χ1) is 14.6. The van der Waals surface area contributed by atoms with Gasteiger partial charge in [-0.3, -0.25) is 14.4 Å². The molecule has 2 aromatic rings. The van der Waals surface area contributed by atoms with Gasteiger partial charge in [-0.1, -0.05) is 31.2 Å². The zero-order chi connectivity index (χ0) is 20.9. The van der Waals surface area contributed by atoms with Crippen molar-refractivity contribution < 1.29 is 4.79 Å². The third kappa shape index (κ3) is 5.40. The highest BCUT2D eigenvalue weighted by atomic mass is 16.1. The van der Waals surface area contributed by atoms with E-state index in [2.05, 4.69) is 52.1 Å². The zero-order valence-electron chi connectivity index (χ0n) is 18.7. The molecule has 0 amide bonds. The SMILES string of the molecule is CCC(=O)C1CCC(c2ccc(CN3CCC(Cn4cc(C)cn4)CC3)cc2)CC1. The largest absolute Gasteiger partial charge is 0.299 e. The molecule has 4 nitrogen and oxygen atoms in total. The maximum absolute atomic E-state index is 11.9. The number of carbonyl (C=O) groups is 1. The number of hydrogen-bond acceptors (Lipinski definition) is 3. The monoisotopic (exact) mass is 407 g/mol. The number of Topliss-reactive ketones (excluding diaryl/α,β-unsaturated/α-hetero) is 1. The lowest BCUT2D eigenvalue weighted by Crippen LogP contribution is -2.34. The van der Waals surface area contributed by atoms with Crippen molar-refractivity contribution in [2.45, 2.75) is 77.8 Å². The van der Waals surface area contributed by atoms with Crippen molar-refractivity contribution in [2.75, 3.05) is 13.1 Å². The lowest BCUT2D eigenvalue weighted by atomic mass is 9.77. The van der Waals surface area contributed by atoms with E-state index in [4.69, 9.17) is 0 Å². The molecule has 0 bridgehead atoms. The van der Waals surface area contributed by atoms with Crippen LogP contribution in [0.25, 0.3) is 0 Å².